The maximum atomic E-state index is 2.42. The first-order valence-corrected chi connectivity index (χ1v) is 7.39. The molecule has 2 atom stereocenters. The van der Waals surface area contributed by atoms with Gasteiger partial charge in [0.2, 0.25) is 0 Å². The van der Waals surface area contributed by atoms with E-state index in [0.717, 1.165) is 14.1 Å². The van der Waals surface area contributed by atoms with Gasteiger partial charge in [0.25, 0.3) is 0 Å². The molecule has 0 nitrogen and oxygen atoms in total. The fourth-order valence-electron chi connectivity index (χ4n) is 2.22. The van der Waals surface area contributed by atoms with Gasteiger partial charge < -0.3 is 0 Å². The predicted molar refractivity (Wildman–Crippen MR) is 76.0 cm³/mol. The zero-order chi connectivity index (χ0) is 11.4. The van der Waals surface area contributed by atoms with Gasteiger partial charge in [-0.05, 0) is 34.2 Å². The van der Waals surface area contributed by atoms with Crippen molar-refractivity contribution in [2.75, 3.05) is 0 Å². The lowest BCUT2D eigenvalue weighted by Gasteiger charge is -2.08. The molecule has 2 rings (SSSR count). The van der Waals surface area contributed by atoms with E-state index >= 15 is 0 Å². The molecule has 1 heteroatoms. The number of benzene rings is 1. The molecule has 0 bridgehead atoms. The fourth-order valence-corrected chi connectivity index (χ4v) is 3.63. The molecule has 1 aromatic heterocycles. The van der Waals surface area contributed by atoms with Crippen LogP contribution in [0.25, 0.3) is 10.5 Å². The van der Waals surface area contributed by atoms with E-state index in [1.54, 1.807) is 10.4 Å². The van der Waals surface area contributed by atoms with Gasteiger partial charge in [-0.15, -0.1) is 8.19 Å². The summed E-state index contributed by atoms with van der Waals surface area (Å²) in [5, 5.41) is 4.66. The van der Waals surface area contributed by atoms with Crippen LogP contribution in [-0.4, -0.2) is 0 Å². The highest BCUT2D eigenvalue weighted by Crippen LogP contribution is 2.36. The first-order chi connectivity index (χ1) is 7.81. The molecule has 2 unspecified atom stereocenters. The average Bonchev–Trinajstić information content (AvgIpc) is 2.73. The second-order valence-corrected chi connectivity index (χ2v) is 6.07. The molecule has 0 N–H and O–H groups in total. The van der Waals surface area contributed by atoms with Crippen LogP contribution in [0.4, 0.5) is 0 Å². The van der Waals surface area contributed by atoms with Crippen LogP contribution in [0.2, 0.25) is 0 Å². The van der Waals surface area contributed by atoms with Crippen molar-refractivity contribution in [2.24, 2.45) is 0 Å². The third-order valence-corrected chi connectivity index (χ3v) is 4.97. The lowest BCUT2D eigenvalue weighted by molar-refractivity contribution is 0.604. The zero-order valence-corrected chi connectivity index (χ0v) is 11.3. The lowest BCUT2D eigenvalue weighted by atomic mass is 10.0. The largest absolute Gasteiger partial charge is 0.128 e. The fraction of sp³-hybridized carbons (Fsp3) is 0.467. The van der Waals surface area contributed by atoms with E-state index in [2.05, 4.69) is 44.2 Å². The van der Waals surface area contributed by atoms with Crippen LogP contribution in [0.1, 0.15) is 50.7 Å². The Morgan fingerprint density at radius 1 is 1.19 bits per heavy atom. The molecule has 2 aromatic rings. The minimum Gasteiger partial charge on any atom is -0.128 e. The highest BCUT2D eigenvalue weighted by atomic mass is 31.0. The van der Waals surface area contributed by atoms with Gasteiger partial charge in [-0.2, -0.15) is 0 Å². The molecule has 86 valence electrons. The van der Waals surface area contributed by atoms with Crippen molar-refractivity contribution in [1.29, 1.82) is 0 Å². The zero-order valence-electron chi connectivity index (χ0n) is 10.3. The molecule has 0 saturated heterocycles. The number of hydrogen-bond acceptors (Lipinski definition) is 0. The van der Waals surface area contributed by atoms with Gasteiger partial charge in [0.05, 0.1) is 0 Å². The lowest BCUT2D eigenvalue weighted by Crippen LogP contribution is -1.89. The summed E-state index contributed by atoms with van der Waals surface area (Å²) >= 11 is 0. The van der Waals surface area contributed by atoms with Crippen molar-refractivity contribution in [3.8, 4) is 0 Å². The summed E-state index contributed by atoms with van der Waals surface area (Å²) in [5.74, 6) is 0.775. The van der Waals surface area contributed by atoms with Crippen LogP contribution in [0, 0.1) is 0 Å². The molecule has 0 saturated carbocycles. The Hall–Kier alpha value is -0.740. The number of fused-ring (bicyclic) bond motifs is 1. The molecule has 0 aliphatic rings. The molecule has 1 aromatic carbocycles. The Morgan fingerprint density at radius 3 is 2.75 bits per heavy atom. The summed E-state index contributed by atoms with van der Waals surface area (Å²) in [7, 11) is 0.924. The molecule has 0 radical (unpaired) electrons. The Kier molecular flexibility index (Phi) is 4.07. The highest BCUT2D eigenvalue weighted by Gasteiger charge is 2.07. The molecule has 0 aliphatic heterocycles. The summed E-state index contributed by atoms with van der Waals surface area (Å²) in [4.78, 5) is 0. The summed E-state index contributed by atoms with van der Waals surface area (Å²) in [6, 6.07) is 11.2. The van der Waals surface area contributed by atoms with Crippen LogP contribution in [0.3, 0.4) is 0 Å². The van der Waals surface area contributed by atoms with Crippen molar-refractivity contribution < 1.29 is 0 Å². The molecule has 16 heavy (non-hydrogen) atoms. The third-order valence-electron chi connectivity index (χ3n) is 3.32. The molecule has 1 heterocycles. The molecule has 0 fully saturated rings. The van der Waals surface area contributed by atoms with E-state index in [0.29, 0.717) is 0 Å². The first-order valence-electron chi connectivity index (χ1n) is 6.39. The monoisotopic (exact) mass is 232 g/mol. The minimum atomic E-state index is 0.775. The van der Waals surface area contributed by atoms with Gasteiger partial charge in [-0.3, -0.25) is 0 Å². The predicted octanol–water partition coefficient (Wildman–Crippen LogP) is 5.55. The van der Waals surface area contributed by atoms with Gasteiger partial charge in [-0.1, -0.05) is 57.4 Å². The average molecular weight is 232 g/mol. The minimum absolute atomic E-state index is 0.775. The Labute approximate surface area is 100 Å². The summed E-state index contributed by atoms with van der Waals surface area (Å²) in [6.07, 6.45) is 5.46. The standard InChI is InChI=1S/C15H21P/c1-3-4-5-8-12(2)15-11-13-9-6-7-10-14(13)16-15/h6-7,9-12,16H,3-5,8H2,1-2H3. The first kappa shape index (κ1) is 11.7. The summed E-state index contributed by atoms with van der Waals surface area (Å²) in [5.41, 5.74) is 0. The number of rotatable bonds is 5. The van der Waals surface area contributed by atoms with Crippen molar-refractivity contribution in [3.05, 3.63) is 35.6 Å². The van der Waals surface area contributed by atoms with Crippen LogP contribution in [0.5, 0.6) is 0 Å². The highest BCUT2D eigenvalue weighted by molar-refractivity contribution is 7.38. The van der Waals surface area contributed by atoms with Crippen molar-refractivity contribution in [2.45, 2.75) is 45.4 Å². The Bertz CT molecular complexity index is 408. The van der Waals surface area contributed by atoms with Crippen LogP contribution in [-0.2, 0) is 0 Å². The number of hydrogen-bond donors (Lipinski definition) is 0. The smallest absolute Gasteiger partial charge is 0.00155 e. The van der Waals surface area contributed by atoms with Gasteiger partial charge in [0.15, 0.2) is 0 Å². The van der Waals surface area contributed by atoms with Gasteiger partial charge in [0, 0.05) is 0 Å². The van der Waals surface area contributed by atoms with E-state index in [1.807, 2.05) is 0 Å². The summed E-state index contributed by atoms with van der Waals surface area (Å²) in [6.45, 7) is 4.66. The molecular formula is C15H21P. The second-order valence-electron chi connectivity index (χ2n) is 4.71. The summed E-state index contributed by atoms with van der Waals surface area (Å²) < 4.78 is 0. The third kappa shape index (κ3) is 2.68. The molecular weight excluding hydrogens is 211 g/mol. The van der Waals surface area contributed by atoms with Gasteiger partial charge >= 0.3 is 0 Å². The topological polar surface area (TPSA) is 0 Å². The van der Waals surface area contributed by atoms with E-state index in [1.165, 1.54) is 31.1 Å². The Balaban J connectivity index is 2.07. The maximum absolute atomic E-state index is 2.42. The quantitative estimate of drug-likeness (QED) is 0.592. The normalized spacial score (nSPS) is 13.6. The van der Waals surface area contributed by atoms with Crippen LogP contribution < -0.4 is 0 Å². The second kappa shape index (κ2) is 5.55. The van der Waals surface area contributed by atoms with Crippen LogP contribution in [0.15, 0.2) is 30.3 Å². The van der Waals surface area contributed by atoms with Gasteiger partial charge in [0.1, 0.15) is 0 Å². The maximum Gasteiger partial charge on any atom is -0.00155 e. The van der Waals surface area contributed by atoms with E-state index in [9.17, 15) is 0 Å². The van der Waals surface area contributed by atoms with Crippen molar-refractivity contribution in [3.63, 3.8) is 0 Å². The van der Waals surface area contributed by atoms with E-state index in [4.69, 9.17) is 0 Å². The van der Waals surface area contributed by atoms with Gasteiger partial charge in [-0.25, -0.2) is 0 Å². The SMILES string of the molecule is CCCCCC(C)c1cc2ccccc2[pH]1. The van der Waals surface area contributed by atoms with E-state index in [-0.39, 0.29) is 0 Å². The molecule has 0 aliphatic carbocycles. The van der Waals surface area contributed by atoms with Crippen molar-refractivity contribution >= 4 is 18.7 Å². The van der Waals surface area contributed by atoms with E-state index < -0.39 is 0 Å². The molecule has 0 amide bonds. The number of unbranched alkanes of at least 4 members (excludes halogenated alkanes) is 2. The molecule has 0 spiro atoms. The van der Waals surface area contributed by atoms with Crippen LogP contribution >= 0.6 is 8.19 Å². The Morgan fingerprint density at radius 2 is 2.00 bits per heavy atom. The van der Waals surface area contributed by atoms with Crippen molar-refractivity contribution in [1.82, 2.24) is 0 Å².